The van der Waals surface area contributed by atoms with Gasteiger partial charge in [0.2, 0.25) is 0 Å². The number of unbranched alkanes of at least 4 members (excludes halogenated alkanes) is 1. The van der Waals surface area contributed by atoms with E-state index in [1.54, 1.807) is 5.57 Å². The van der Waals surface area contributed by atoms with Crippen LogP contribution in [0, 0.1) is 5.92 Å². The van der Waals surface area contributed by atoms with Gasteiger partial charge < -0.3 is 0 Å². The molecule has 0 radical (unpaired) electrons. The zero-order chi connectivity index (χ0) is 13.0. The van der Waals surface area contributed by atoms with Crippen molar-refractivity contribution in [3.8, 4) is 0 Å². The molecule has 0 aliphatic carbocycles. The van der Waals surface area contributed by atoms with E-state index in [1.807, 2.05) is 11.3 Å². The molecule has 0 spiro atoms. The average molecular weight is 263 g/mol. The van der Waals surface area contributed by atoms with Crippen LogP contribution in [0.2, 0.25) is 0 Å². The summed E-state index contributed by atoms with van der Waals surface area (Å²) < 4.78 is 0. The molecule has 1 atom stereocenters. The topological polar surface area (TPSA) is 3.24 Å². The Bertz CT molecular complexity index is 378. The Kier molecular flexibility index (Phi) is 5.02. The molecule has 100 valence electrons. The molecule has 18 heavy (non-hydrogen) atoms. The van der Waals surface area contributed by atoms with Gasteiger partial charge in [0.05, 0.1) is 6.04 Å². The number of allylic oxidation sites excluding steroid dienone is 1. The van der Waals surface area contributed by atoms with Gasteiger partial charge >= 0.3 is 0 Å². The van der Waals surface area contributed by atoms with Crippen molar-refractivity contribution >= 4 is 11.3 Å². The van der Waals surface area contributed by atoms with Crippen LogP contribution in [0.4, 0.5) is 0 Å². The summed E-state index contributed by atoms with van der Waals surface area (Å²) in [7, 11) is 0. The standard InChI is InChI=1S/C16H25NS/c1-4-5-9-17-10-8-14(12-13(2)3)16(17)15-7-6-11-18-15/h6-7,11-13,16H,4-5,8-10H2,1-3H3/b14-12+. The Hall–Kier alpha value is -0.600. The highest BCUT2D eigenvalue weighted by Crippen LogP contribution is 2.39. The first kappa shape index (κ1) is 13.8. The molecule has 1 aliphatic rings. The van der Waals surface area contributed by atoms with Crippen molar-refractivity contribution in [2.75, 3.05) is 13.1 Å². The van der Waals surface area contributed by atoms with Crippen LogP contribution >= 0.6 is 11.3 Å². The van der Waals surface area contributed by atoms with Crippen LogP contribution in [-0.4, -0.2) is 18.0 Å². The molecule has 1 aromatic heterocycles. The largest absolute Gasteiger partial charge is 0.292 e. The van der Waals surface area contributed by atoms with Gasteiger partial charge in [-0.25, -0.2) is 0 Å². The van der Waals surface area contributed by atoms with E-state index in [0.717, 1.165) is 0 Å². The first-order chi connectivity index (χ1) is 8.72. The molecule has 2 heteroatoms. The predicted octanol–water partition coefficient (Wildman–Crippen LogP) is 4.88. The van der Waals surface area contributed by atoms with Crippen LogP contribution in [-0.2, 0) is 0 Å². The van der Waals surface area contributed by atoms with Crippen molar-refractivity contribution in [2.24, 2.45) is 5.92 Å². The van der Waals surface area contributed by atoms with Gasteiger partial charge in [-0.15, -0.1) is 11.3 Å². The summed E-state index contributed by atoms with van der Waals surface area (Å²) in [5.74, 6) is 0.661. The Morgan fingerprint density at radius 2 is 2.33 bits per heavy atom. The fourth-order valence-electron chi connectivity index (χ4n) is 2.79. The van der Waals surface area contributed by atoms with E-state index in [1.165, 1.54) is 37.2 Å². The van der Waals surface area contributed by atoms with Gasteiger partial charge in [0.15, 0.2) is 0 Å². The molecule has 1 nitrogen and oxygen atoms in total. The number of rotatable bonds is 5. The quantitative estimate of drug-likeness (QED) is 0.685. The lowest BCUT2D eigenvalue weighted by atomic mass is 10.0. The maximum absolute atomic E-state index is 2.67. The zero-order valence-corrected chi connectivity index (χ0v) is 12.7. The summed E-state index contributed by atoms with van der Waals surface area (Å²) in [6.45, 7) is 9.33. The minimum atomic E-state index is 0.568. The van der Waals surface area contributed by atoms with E-state index in [-0.39, 0.29) is 0 Å². The number of hydrogen-bond donors (Lipinski definition) is 0. The van der Waals surface area contributed by atoms with Gasteiger partial charge in [-0.3, -0.25) is 4.90 Å². The van der Waals surface area contributed by atoms with Crippen molar-refractivity contribution in [1.82, 2.24) is 4.90 Å². The number of thiophene rings is 1. The molecule has 0 aromatic carbocycles. The average Bonchev–Trinajstić information content (AvgIpc) is 2.94. The lowest BCUT2D eigenvalue weighted by molar-refractivity contribution is 0.270. The molecule has 1 fully saturated rings. The maximum Gasteiger partial charge on any atom is 0.0656 e. The second kappa shape index (κ2) is 6.53. The van der Waals surface area contributed by atoms with E-state index in [2.05, 4.69) is 49.3 Å². The van der Waals surface area contributed by atoms with Gasteiger partial charge in [-0.1, -0.05) is 44.9 Å². The molecule has 0 N–H and O–H groups in total. The second-order valence-corrected chi connectivity index (χ2v) is 6.52. The third-order valence-electron chi connectivity index (χ3n) is 3.56. The summed E-state index contributed by atoms with van der Waals surface area (Å²) in [4.78, 5) is 4.19. The van der Waals surface area contributed by atoms with E-state index >= 15 is 0 Å². The maximum atomic E-state index is 2.67. The summed E-state index contributed by atoms with van der Waals surface area (Å²) in [5, 5.41) is 2.21. The minimum absolute atomic E-state index is 0.568. The minimum Gasteiger partial charge on any atom is -0.292 e. The Morgan fingerprint density at radius 1 is 1.50 bits per heavy atom. The Labute approximate surface area is 116 Å². The predicted molar refractivity (Wildman–Crippen MR) is 81.1 cm³/mol. The number of likely N-dealkylation sites (tertiary alicyclic amines) is 1. The van der Waals surface area contributed by atoms with Crippen molar-refractivity contribution < 1.29 is 0 Å². The first-order valence-corrected chi connectivity index (χ1v) is 8.08. The van der Waals surface area contributed by atoms with Crippen LogP contribution < -0.4 is 0 Å². The van der Waals surface area contributed by atoms with Crippen LogP contribution in [0.15, 0.2) is 29.2 Å². The molecule has 0 bridgehead atoms. The van der Waals surface area contributed by atoms with E-state index in [9.17, 15) is 0 Å². The van der Waals surface area contributed by atoms with Crippen LogP contribution in [0.1, 0.15) is 51.0 Å². The summed E-state index contributed by atoms with van der Waals surface area (Å²) in [6.07, 6.45) is 6.34. The Balaban J connectivity index is 2.18. The highest BCUT2D eigenvalue weighted by molar-refractivity contribution is 7.10. The summed E-state index contributed by atoms with van der Waals surface area (Å²) in [6, 6.07) is 5.05. The normalized spacial score (nSPS) is 23.3. The van der Waals surface area contributed by atoms with Crippen molar-refractivity contribution in [1.29, 1.82) is 0 Å². The van der Waals surface area contributed by atoms with Gasteiger partial charge in [0, 0.05) is 11.4 Å². The SMILES string of the molecule is CCCCN1CC/C(=C\C(C)C)C1c1cccs1. The van der Waals surface area contributed by atoms with Gasteiger partial charge in [0.1, 0.15) is 0 Å². The molecule has 1 saturated heterocycles. The fraction of sp³-hybridized carbons (Fsp3) is 0.625. The molecule has 0 saturated carbocycles. The third kappa shape index (κ3) is 3.24. The summed E-state index contributed by atoms with van der Waals surface area (Å²) in [5.41, 5.74) is 1.64. The van der Waals surface area contributed by atoms with Crippen molar-refractivity contribution in [2.45, 2.75) is 46.1 Å². The summed E-state index contributed by atoms with van der Waals surface area (Å²) >= 11 is 1.91. The van der Waals surface area contributed by atoms with Gasteiger partial charge in [0.25, 0.3) is 0 Å². The fourth-order valence-corrected chi connectivity index (χ4v) is 3.69. The van der Waals surface area contributed by atoms with Gasteiger partial charge in [-0.05, 0) is 36.8 Å². The molecular formula is C16H25NS. The second-order valence-electron chi connectivity index (χ2n) is 5.54. The zero-order valence-electron chi connectivity index (χ0n) is 11.9. The van der Waals surface area contributed by atoms with Crippen LogP contribution in [0.3, 0.4) is 0 Å². The first-order valence-electron chi connectivity index (χ1n) is 7.20. The molecule has 1 unspecified atom stereocenters. The monoisotopic (exact) mass is 263 g/mol. The molecule has 2 heterocycles. The number of hydrogen-bond acceptors (Lipinski definition) is 2. The molecule has 1 aliphatic heterocycles. The highest BCUT2D eigenvalue weighted by Gasteiger charge is 2.30. The van der Waals surface area contributed by atoms with E-state index in [0.29, 0.717) is 12.0 Å². The Morgan fingerprint density at radius 3 is 2.94 bits per heavy atom. The molecule has 2 rings (SSSR count). The smallest absolute Gasteiger partial charge is 0.0656 e. The molecular weight excluding hydrogens is 238 g/mol. The van der Waals surface area contributed by atoms with Crippen LogP contribution in [0.25, 0.3) is 0 Å². The molecule has 0 amide bonds. The van der Waals surface area contributed by atoms with Crippen LogP contribution in [0.5, 0.6) is 0 Å². The van der Waals surface area contributed by atoms with E-state index < -0.39 is 0 Å². The highest BCUT2D eigenvalue weighted by atomic mass is 32.1. The lowest BCUT2D eigenvalue weighted by Crippen LogP contribution is -2.24. The van der Waals surface area contributed by atoms with E-state index in [4.69, 9.17) is 0 Å². The van der Waals surface area contributed by atoms with Crippen molar-refractivity contribution in [3.05, 3.63) is 34.0 Å². The lowest BCUT2D eigenvalue weighted by Gasteiger charge is -2.24. The third-order valence-corrected chi connectivity index (χ3v) is 4.49. The van der Waals surface area contributed by atoms with Crippen molar-refractivity contribution in [3.63, 3.8) is 0 Å². The number of nitrogens with zero attached hydrogens (tertiary/aromatic N) is 1. The van der Waals surface area contributed by atoms with Gasteiger partial charge in [-0.2, -0.15) is 0 Å². The molecule has 1 aromatic rings.